The van der Waals surface area contributed by atoms with E-state index in [0.717, 1.165) is 42.1 Å². The number of ether oxygens (including phenoxy) is 1. The molecule has 4 heterocycles. The van der Waals surface area contributed by atoms with Crippen molar-refractivity contribution in [2.45, 2.75) is 32.6 Å². The van der Waals surface area contributed by atoms with Gasteiger partial charge in [0.15, 0.2) is 0 Å². The molecule has 2 atom stereocenters. The van der Waals surface area contributed by atoms with E-state index in [2.05, 4.69) is 34.8 Å². The third-order valence-corrected chi connectivity index (χ3v) is 4.32. The lowest BCUT2D eigenvalue weighted by Gasteiger charge is -2.35. The van der Waals surface area contributed by atoms with Gasteiger partial charge in [-0.2, -0.15) is 0 Å². The van der Waals surface area contributed by atoms with Gasteiger partial charge in [-0.05, 0) is 38.1 Å². The highest BCUT2D eigenvalue weighted by Crippen LogP contribution is 2.31. The molecule has 0 spiro atoms. The van der Waals surface area contributed by atoms with Gasteiger partial charge in [0.2, 0.25) is 0 Å². The molecule has 3 aromatic rings. The van der Waals surface area contributed by atoms with Crippen molar-refractivity contribution in [1.82, 2.24) is 14.9 Å². The number of fused-ring (bicyclic) bond motifs is 1. The summed E-state index contributed by atoms with van der Waals surface area (Å²) in [5.41, 5.74) is 3.17. The standard InChI is InChI=1S/C18H21N3O2/c1-12-9-21(10-13(2)23-12)11-15-14-5-3-7-19-18(14)20-17(15)16-6-4-8-22-16/h3-8,12-13H,9-11H2,1-2H3,(H,19,20)/t12-,13-/m1/s1. The highest BCUT2D eigenvalue weighted by molar-refractivity contribution is 5.87. The molecule has 23 heavy (non-hydrogen) atoms. The van der Waals surface area contributed by atoms with Crippen LogP contribution in [0.2, 0.25) is 0 Å². The number of hydrogen-bond donors (Lipinski definition) is 1. The van der Waals surface area contributed by atoms with E-state index < -0.39 is 0 Å². The van der Waals surface area contributed by atoms with Crippen molar-refractivity contribution in [1.29, 1.82) is 0 Å². The first-order chi connectivity index (χ1) is 11.2. The molecule has 0 unspecified atom stereocenters. The van der Waals surface area contributed by atoms with E-state index in [1.165, 1.54) is 5.56 Å². The van der Waals surface area contributed by atoms with Gasteiger partial charge in [-0.25, -0.2) is 4.98 Å². The van der Waals surface area contributed by atoms with E-state index >= 15 is 0 Å². The van der Waals surface area contributed by atoms with Gasteiger partial charge in [-0.3, -0.25) is 4.90 Å². The van der Waals surface area contributed by atoms with Gasteiger partial charge in [0, 0.05) is 36.8 Å². The van der Waals surface area contributed by atoms with Crippen LogP contribution in [0, 0.1) is 0 Å². The fraction of sp³-hybridized carbons (Fsp3) is 0.389. The summed E-state index contributed by atoms with van der Waals surface area (Å²) in [6.45, 7) is 7.00. The Labute approximate surface area is 135 Å². The molecule has 1 fully saturated rings. The highest BCUT2D eigenvalue weighted by atomic mass is 16.5. The third kappa shape index (κ3) is 2.78. The fourth-order valence-corrected chi connectivity index (χ4v) is 3.51. The molecule has 3 aromatic heterocycles. The second-order valence-electron chi connectivity index (χ2n) is 6.31. The van der Waals surface area contributed by atoms with Crippen molar-refractivity contribution >= 4 is 11.0 Å². The Morgan fingerprint density at radius 2 is 2.04 bits per heavy atom. The second kappa shape index (κ2) is 5.83. The summed E-state index contributed by atoms with van der Waals surface area (Å²) in [6, 6.07) is 8.00. The summed E-state index contributed by atoms with van der Waals surface area (Å²) in [5.74, 6) is 0.854. The first-order valence-electron chi connectivity index (χ1n) is 8.08. The van der Waals surface area contributed by atoms with Crippen molar-refractivity contribution in [3.8, 4) is 11.5 Å². The van der Waals surface area contributed by atoms with Crippen LogP contribution in [0.3, 0.4) is 0 Å². The Hall–Kier alpha value is -2.11. The monoisotopic (exact) mass is 311 g/mol. The number of aromatic amines is 1. The van der Waals surface area contributed by atoms with E-state index in [1.54, 1.807) is 6.26 Å². The Morgan fingerprint density at radius 3 is 2.78 bits per heavy atom. The van der Waals surface area contributed by atoms with Gasteiger partial charge in [0.05, 0.1) is 24.2 Å². The summed E-state index contributed by atoms with van der Waals surface area (Å²) < 4.78 is 11.5. The van der Waals surface area contributed by atoms with Gasteiger partial charge in [0.1, 0.15) is 11.4 Å². The van der Waals surface area contributed by atoms with E-state index in [4.69, 9.17) is 9.15 Å². The number of morpholine rings is 1. The molecular formula is C18H21N3O2. The number of rotatable bonds is 3. The highest BCUT2D eigenvalue weighted by Gasteiger charge is 2.25. The van der Waals surface area contributed by atoms with Gasteiger partial charge in [-0.1, -0.05) is 0 Å². The van der Waals surface area contributed by atoms with Crippen LogP contribution in [-0.4, -0.2) is 40.2 Å². The first kappa shape index (κ1) is 14.5. The van der Waals surface area contributed by atoms with Crippen molar-refractivity contribution in [2.24, 2.45) is 0 Å². The summed E-state index contributed by atoms with van der Waals surface area (Å²) in [6.07, 6.45) is 4.04. The first-order valence-corrected chi connectivity index (χ1v) is 8.08. The van der Waals surface area contributed by atoms with Crippen molar-refractivity contribution in [3.05, 3.63) is 42.3 Å². The van der Waals surface area contributed by atoms with E-state index in [9.17, 15) is 0 Å². The minimum atomic E-state index is 0.258. The Bertz CT molecular complexity index is 784. The molecule has 0 amide bonds. The number of nitrogens with zero attached hydrogens (tertiary/aromatic N) is 2. The van der Waals surface area contributed by atoms with E-state index in [0.29, 0.717) is 0 Å². The molecule has 1 saturated heterocycles. The average molecular weight is 311 g/mol. The van der Waals surface area contributed by atoms with E-state index in [-0.39, 0.29) is 12.2 Å². The van der Waals surface area contributed by atoms with Crippen LogP contribution in [0.15, 0.2) is 41.1 Å². The van der Waals surface area contributed by atoms with Crippen LogP contribution >= 0.6 is 0 Å². The van der Waals surface area contributed by atoms with Crippen LogP contribution < -0.4 is 0 Å². The van der Waals surface area contributed by atoms with Crippen LogP contribution in [0.25, 0.3) is 22.5 Å². The molecule has 1 N–H and O–H groups in total. The Balaban J connectivity index is 1.74. The van der Waals surface area contributed by atoms with Crippen LogP contribution in [0.1, 0.15) is 19.4 Å². The van der Waals surface area contributed by atoms with Crippen LogP contribution in [0.5, 0.6) is 0 Å². The van der Waals surface area contributed by atoms with Crippen LogP contribution in [-0.2, 0) is 11.3 Å². The minimum absolute atomic E-state index is 0.258. The predicted octanol–water partition coefficient (Wildman–Crippen LogP) is 3.43. The summed E-state index contributed by atoms with van der Waals surface area (Å²) >= 11 is 0. The lowest BCUT2D eigenvalue weighted by Crippen LogP contribution is -2.44. The molecule has 5 heteroatoms. The molecule has 4 rings (SSSR count). The summed E-state index contributed by atoms with van der Waals surface area (Å²) in [7, 11) is 0. The van der Waals surface area contributed by atoms with E-state index in [1.807, 2.05) is 24.4 Å². The lowest BCUT2D eigenvalue weighted by molar-refractivity contribution is -0.0703. The van der Waals surface area contributed by atoms with Gasteiger partial charge >= 0.3 is 0 Å². The van der Waals surface area contributed by atoms with Crippen molar-refractivity contribution < 1.29 is 9.15 Å². The zero-order chi connectivity index (χ0) is 15.8. The topological polar surface area (TPSA) is 54.3 Å². The zero-order valence-electron chi connectivity index (χ0n) is 13.5. The average Bonchev–Trinajstić information content (AvgIpc) is 3.14. The minimum Gasteiger partial charge on any atom is -0.463 e. The van der Waals surface area contributed by atoms with Gasteiger partial charge in [-0.15, -0.1) is 0 Å². The number of furan rings is 1. The number of pyridine rings is 1. The number of H-pyrrole nitrogens is 1. The molecule has 120 valence electrons. The number of hydrogen-bond acceptors (Lipinski definition) is 4. The fourth-order valence-electron chi connectivity index (χ4n) is 3.51. The SMILES string of the molecule is C[C@@H]1CN(Cc2c(-c3ccco3)[nH]c3ncccc23)C[C@@H](C)O1. The maximum atomic E-state index is 5.85. The molecule has 0 bridgehead atoms. The molecule has 0 aliphatic carbocycles. The van der Waals surface area contributed by atoms with Crippen molar-refractivity contribution in [2.75, 3.05) is 13.1 Å². The molecule has 0 radical (unpaired) electrons. The summed E-state index contributed by atoms with van der Waals surface area (Å²) in [4.78, 5) is 10.3. The number of aromatic nitrogens is 2. The largest absolute Gasteiger partial charge is 0.463 e. The predicted molar refractivity (Wildman–Crippen MR) is 89.1 cm³/mol. The molecular weight excluding hydrogens is 290 g/mol. The Morgan fingerprint density at radius 1 is 1.22 bits per heavy atom. The van der Waals surface area contributed by atoms with Crippen molar-refractivity contribution in [3.63, 3.8) is 0 Å². The zero-order valence-corrected chi connectivity index (χ0v) is 13.5. The summed E-state index contributed by atoms with van der Waals surface area (Å²) in [5, 5.41) is 1.16. The molecule has 5 nitrogen and oxygen atoms in total. The molecule has 1 aliphatic heterocycles. The number of nitrogens with one attached hydrogen (secondary N) is 1. The third-order valence-electron chi connectivity index (χ3n) is 4.32. The molecule has 0 aromatic carbocycles. The normalized spacial score (nSPS) is 22.7. The maximum Gasteiger partial charge on any atom is 0.150 e. The van der Waals surface area contributed by atoms with Gasteiger partial charge in [0.25, 0.3) is 0 Å². The lowest BCUT2D eigenvalue weighted by atomic mass is 10.1. The van der Waals surface area contributed by atoms with Gasteiger partial charge < -0.3 is 14.1 Å². The molecule has 1 aliphatic rings. The maximum absolute atomic E-state index is 5.85. The smallest absolute Gasteiger partial charge is 0.150 e. The molecule has 0 saturated carbocycles. The second-order valence-corrected chi connectivity index (χ2v) is 6.31. The van der Waals surface area contributed by atoms with Crippen LogP contribution in [0.4, 0.5) is 0 Å². The Kier molecular flexibility index (Phi) is 3.67. The quantitative estimate of drug-likeness (QED) is 0.805.